The Labute approximate surface area is 89.5 Å². The first kappa shape index (κ1) is 10.6. The largest absolute Gasteiger partial charge is 0.392 e. The Morgan fingerprint density at radius 1 is 1.60 bits per heavy atom. The predicted molar refractivity (Wildman–Crippen MR) is 56.4 cm³/mol. The van der Waals surface area contributed by atoms with Crippen LogP contribution in [0.25, 0.3) is 0 Å². The molecule has 0 radical (unpaired) electrons. The molecule has 2 rings (SSSR count). The first-order chi connectivity index (χ1) is 7.18. The summed E-state index contributed by atoms with van der Waals surface area (Å²) in [6.45, 7) is 5.33. The maximum Gasteiger partial charge on any atom is 0.150 e. The third-order valence-corrected chi connectivity index (χ3v) is 2.78. The molecule has 2 N–H and O–H groups in total. The summed E-state index contributed by atoms with van der Waals surface area (Å²) >= 11 is 0. The van der Waals surface area contributed by atoms with Crippen molar-refractivity contribution in [2.75, 3.05) is 6.54 Å². The van der Waals surface area contributed by atoms with Crippen molar-refractivity contribution in [2.24, 2.45) is 0 Å². The number of aliphatic hydroxyl groups excluding tert-OH is 1. The lowest BCUT2D eigenvalue weighted by molar-refractivity contribution is 0.170. The molecule has 1 aliphatic heterocycles. The smallest absolute Gasteiger partial charge is 0.150 e. The molecule has 5 nitrogen and oxygen atoms in total. The van der Waals surface area contributed by atoms with Crippen molar-refractivity contribution >= 4 is 0 Å². The Bertz CT molecular complexity index is 328. The van der Waals surface area contributed by atoms with E-state index >= 15 is 0 Å². The van der Waals surface area contributed by atoms with Crippen molar-refractivity contribution < 1.29 is 5.11 Å². The molecule has 0 saturated carbocycles. The molecule has 0 spiro atoms. The van der Waals surface area contributed by atoms with Gasteiger partial charge < -0.3 is 15.0 Å². The topological polar surface area (TPSA) is 63.0 Å². The highest BCUT2D eigenvalue weighted by molar-refractivity contribution is 5.02. The highest BCUT2D eigenvalue weighted by Crippen LogP contribution is 2.22. The van der Waals surface area contributed by atoms with Gasteiger partial charge >= 0.3 is 0 Å². The molecular formula is C10H18N4O. The Kier molecular flexibility index (Phi) is 3.02. The second kappa shape index (κ2) is 4.28. The zero-order valence-corrected chi connectivity index (χ0v) is 9.27. The second-order valence-electron chi connectivity index (χ2n) is 4.21. The molecule has 0 aliphatic carbocycles. The summed E-state index contributed by atoms with van der Waals surface area (Å²) in [6.07, 6.45) is 1.93. The van der Waals surface area contributed by atoms with Gasteiger partial charge in [-0.25, -0.2) is 0 Å². The monoisotopic (exact) mass is 210 g/mol. The quantitative estimate of drug-likeness (QED) is 0.757. The number of hydrogen-bond donors (Lipinski definition) is 2. The van der Waals surface area contributed by atoms with E-state index < -0.39 is 0 Å². The van der Waals surface area contributed by atoms with Gasteiger partial charge in [-0.2, -0.15) is 0 Å². The number of nitrogens with zero attached hydrogens (tertiary/aromatic N) is 3. The van der Waals surface area contributed by atoms with Gasteiger partial charge in [0, 0.05) is 0 Å². The normalized spacial score (nSPS) is 23.3. The molecule has 2 unspecified atom stereocenters. The summed E-state index contributed by atoms with van der Waals surface area (Å²) in [5.74, 6) is 1.84. The minimum atomic E-state index is -0.361. The van der Waals surface area contributed by atoms with E-state index in [2.05, 4.69) is 15.5 Å². The molecule has 0 amide bonds. The van der Waals surface area contributed by atoms with Crippen molar-refractivity contribution in [1.82, 2.24) is 20.1 Å². The van der Waals surface area contributed by atoms with Crippen molar-refractivity contribution in [3.63, 3.8) is 0 Å². The number of nitrogens with one attached hydrogen (secondary N) is 1. The van der Waals surface area contributed by atoms with Crippen molar-refractivity contribution in [2.45, 2.75) is 45.4 Å². The maximum atomic E-state index is 9.42. The van der Waals surface area contributed by atoms with E-state index in [1.54, 1.807) is 6.92 Å². The Balaban J connectivity index is 2.22. The summed E-state index contributed by atoms with van der Waals surface area (Å²) < 4.78 is 2.01. The van der Waals surface area contributed by atoms with Crippen LogP contribution in [-0.4, -0.2) is 32.5 Å². The molecule has 1 aromatic heterocycles. The SMILES string of the molecule is Cc1nnc(C2CCCN2)n1CC(C)O. The molecule has 1 saturated heterocycles. The van der Waals surface area contributed by atoms with Gasteiger partial charge in [-0.15, -0.1) is 10.2 Å². The van der Waals surface area contributed by atoms with Crippen LogP contribution >= 0.6 is 0 Å². The van der Waals surface area contributed by atoms with E-state index in [4.69, 9.17) is 0 Å². The van der Waals surface area contributed by atoms with E-state index in [1.807, 2.05) is 11.5 Å². The molecule has 5 heteroatoms. The molecule has 1 aromatic rings. The molecule has 84 valence electrons. The second-order valence-corrected chi connectivity index (χ2v) is 4.21. The molecule has 1 aliphatic rings. The zero-order valence-electron chi connectivity index (χ0n) is 9.27. The lowest BCUT2D eigenvalue weighted by Crippen LogP contribution is -2.22. The van der Waals surface area contributed by atoms with E-state index in [9.17, 15) is 5.11 Å². The van der Waals surface area contributed by atoms with E-state index in [1.165, 1.54) is 6.42 Å². The van der Waals surface area contributed by atoms with Gasteiger partial charge in [0.15, 0.2) is 0 Å². The van der Waals surface area contributed by atoms with Gasteiger partial charge in [0.1, 0.15) is 11.6 Å². The fourth-order valence-corrected chi connectivity index (χ4v) is 2.05. The van der Waals surface area contributed by atoms with Crippen LogP contribution in [0.5, 0.6) is 0 Å². The maximum absolute atomic E-state index is 9.42. The first-order valence-electron chi connectivity index (χ1n) is 5.49. The third-order valence-electron chi connectivity index (χ3n) is 2.78. The van der Waals surface area contributed by atoms with Crippen LogP contribution in [0.15, 0.2) is 0 Å². The third kappa shape index (κ3) is 2.18. The minimum Gasteiger partial charge on any atom is -0.392 e. The molecule has 1 fully saturated rings. The Hall–Kier alpha value is -0.940. The predicted octanol–water partition coefficient (Wildman–Crippen LogP) is 0.392. The number of aromatic nitrogens is 3. The van der Waals surface area contributed by atoms with E-state index in [-0.39, 0.29) is 6.10 Å². The van der Waals surface area contributed by atoms with Crippen LogP contribution in [0.4, 0.5) is 0 Å². The summed E-state index contributed by atoms with van der Waals surface area (Å²) in [5, 5.41) is 21.1. The molecule has 2 atom stereocenters. The van der Waals surface area contributed by atoms with E-state index in [0.717, 1.165) is 24.6 Å². The lowest BCUT2D eigenvalue weighted by atomic mass is 10.2. The highest BCUT2D eigenvalue weighted by Gasteiger charge is 2.23. The van der Waals surface area contributed by atoms with Gasteiger partial charge in [0.2, 0.25) is 0 Å². The summed E-state index contributed by atoms with van der Waals surface area (Å²) in [5.41, 5.74) is 0. The van der Waals surface area contributed by atoms with Crippen LogP contribution in [0.2, 0.25) is 0 Å². The van der Waals surface area contributed by atoms with Crippen LogP contribution in [-0.2, 0) is 6.54 Å². The molecule has 0 bridgehead atoms. The average molecular weight is 210 g/mol. The number of rotatable bonds is 3. The number of hydrogen-bond acceptors (Lipinski definition) is 4. The van der Waals surface area contributed by atoms with Crippen LogP contribution in [0, 0.1) is 6.92 Å². The standard InChI is InChI=1S/C10H18N4O/c1-7(15)6-14-8(2)12-13-10(14)9-4-3-5-11-9/h7,9,11,15H,3-6H2,1-2H3. The van der Waals surface area contributed by atoms with Gasteiger partial charge in [0.25, 0.3) is 0 Å². The summed E-state index contributed by atoms with van der Waals surface area (Å²) in [4.78, 5) is 0. The van der Waals surface area contributed by atoms with Crippen LogP contribution < -0.4 is 5.32 Å². The van der Waals surface area contributed by atoms with E-state index in [0.29, 0.717) is 12.6 Å². The molecule has 0 aromatic carbocycles. The molecule has 2 heterocycles. The lowest BCUT2D eigenvalue weighted by Gasteiger charge is -2.14. The van der Waals surface area contributed by atoms with Crippen molar-refractivity contribution in [3.8, 4) is 0 Å². The molecular weight excluding hydrogens is 192 g/mol. The first-order valence-corrected chi connectivity index (χ1v) is 5.49. The van der Waals surface area contributed by atoms with Crippen molar-refractivity contribution in [3.05, 3.63) is 11.6 Å². The van der Waals surface area contributed by atoms with Gasteiger partial charge in [0.05, 0.1) is 18.7 Å². The summed E-state index contributed by atoms with van der Waals surface area (Å²) in [6, 6.07) is 0.310. The number of aliphatic hydroxyl groups is 1. The fraction of sp³-hybridized carbons (Fsp3) is 0.800. The zero-order chi connectivity index (χ0) is 10.8. The molecule has 15 heavy (non-hydrogen) atoms. The minimum absolute atomic E-state index is 0.310. The number of aryl methyl sites for hydroxylation is 1. The highest BCUT2D eigenvalue weighted by atomic mass is 16.3. The average Bonchev–Trinajstić information content (AvgIpc) is 2.76. The Morgan fingerprint density at radius 2 is 2.40 bits per heavy atom. The van der Waals surface area contributed by atoms with Gasteiger partial charge in [-0.1, -0.05) is 0 Å². The van der Waals surface area contributed by atoms with Crippen LogP contribution in [0.1, 0.15) is 37.5 Å². The van der Waals surface area contributed by atoms with Crippen molar-refractivity contribution in [1.29, 1.82) is 0 Å². The fourth-order valence-electron chi connectivity index (χ4n) is 2.05. The Morgan fingerprint density at radius 3 is 3.00 bits per heavy atom. The van der Waals surface area contributed by atoms with Gasteiger partial charge in [-0.05, 0) is 33.2 Å². The van der Waals surface area contributed by atoms with Gasteiger partial charge in [-0.3, -0.25) is 0 Å². The van der Waals surface area contributed by atoms with Crippen LogP contribution in [0.3, 0.4) is 0 Å². The summed E-state index contributed by atoms with van der Waals surface area (Å²) in [7, 11) is 0.